The van der Waals surface area contributed by atoms with Crippen molar-refractivity contribution in [2.75, 3.05) is 19.6 Å². The minimum absolute atomic E-state index is 0.0178. The van der Waals surface area contributed by atoms with Crippen LogP contribution < -0.4 is 10.6 Å². The highest BCUT2D eigenvalue weighted by Crippen LogP contribution is 2.19. The summed E-state index contributed by atoms with van der Waals surface area (Å²) in [5, 5.41) is 5.83. The lowest BCUT2D eigenvalue weighted by Gasteiger charge is -2.35. The first-order valence-electron chi connectivity index (χ1n) is 10.3. The van der Waals surface area contributed by atoms with Gasteiger partial charge in [-0.25, -0.2) is 0 Å². The van der Waals surface area contributed by atoms with Crippen molar-refractivity contribution in [3.63, 3.8) is 0 Å². The number of carbonyl (C=O) groups excluding carboxylic acids is 3. The van der Waals surface area contributed by atoms with Gasteiger partial charge in [0.1, 0.15) is 6.04 Å². The maximum absolute atomic E-state index is 13.1. The van der Waals surface area contributed by atoms with Crippen molar-refractivity contribution >= 4 is 17.7 Å². The molecule has 0 spiro atoms. The topological polar surface area (TPSA) is 78.5 Å². The Morgan fingerprint density at radius 1 is 1.25 bits per heavy atom. The van der Waals surface area contributed by atoms with Gasteiger partial charge in [0.05, 0.1) is 5.92 Å². The van der Waals surface area contributed by atoms with Crippen LogP contribution in [0.3, 0.4) is 0 Å². The number of carbonyl (C=O) groups is 3. The van der Waals surface area contributed by atoms with Gasteiger partial charge in [-0.15, -0.1) is 0 Å². The second-order valence-electron chi connectivity index (χ2n) is 7.98. The first kappa shape index (κ1) is 21.9. The molecule has 1 aliphatic rings. The third kappa shape index (κ3) is 5.81. The van der Waals surface area contributed by atoms with Gasteiger partial charge in [-0.3, -0.25) is 14.4 Å². The van der Waals surface area contributed by atoms with Gasteiger partial charge in [0.2, 0.25) is 11.8 Å². The van der Waals surface area contributed by atoms with E-state index in [-0.39, 0.29) is 29.6 Å². The number of rotatable bonds is 7. The van der Waals surface area contributed by atoms with Gasteiger partial charge in [-0.05, 0) is 44.2 Å². The molecule has 1 heterocycles. The van der Waals surface area contributed by atoms with Crippen LogP contribution in [0.4, 0.5) is 0 Å². The number of hydrogen-bond acceptors (Lipinski definition) is 3. The van der Waals surface area contributed by atoms with E-state index in [0.717, 1.165) is 24.8 Å². The van der Waals surface area contributed by atoms with Crippen LogP contribution in [0.2, 0.25) is 0 Å². The summed E-state index contributed by atoms with van der Waals surface area (Å²) in [4.78, 5) is 39.8. The molecule has 6 heteroatoms. The molecule has 154 valence electrons. The van der Waals surface area contributed by atoms with Crippen LogP contribution >= 0.6 is 0 Å². The Labute approximate surface area is 168 Å². The summed E-state index contributed by atoms with van der Waals surface area (Å²) in [5.41, 5.74) is 1.55. The molecule has 1 aromatic carbocycles. The molecule has 0 radical (unpaired) electrons. The van der Waals surface area contributed by atoms with Crippen molar-refractivity contribution in [3.8, 4) is 0 Å². The van der Waals surface area contributed by atoms with E-state index in [9.17, 15) is 14.4 Å². The van der Waals surface area contributed by atoms with Crippen LogP contribution in [0.15, 0.2) is 24.3 Å². The maximum Gasteiger partial charge on any atom is 0.251 e. The molecule has 1 saturated heterocycles. The first-order valence-corrected chi connectivity index (χ1v) is 10.3. The van der Waals surface area contributed by atoms with Crippen LogP contribution in [-0.4, -0.2) is 48.3 Å². The Morgan fingerprint density at radius 3 is 2.64 bits per heavy atom. The molecule has 0 saturated carbocycles. The second kappa shape index (κ2) is 10.2. The van der Waals surface area contributed by atoms with Gasteiger partial charge in [-0.1, -0.05) is 38.5 Å². The van der Waals surface area contributed by atoms with E-state index in [2.05, 4.69) is 10.6 Å². The van der Waals surface area contributed by atoms with E-state index in [1.54, 1.807) is 11.0 Å². The van der Waals surface area contributed by atoms with Crippen molar-refractivity contribution in [2.45, 2.75) is 53.0 Å². The molecule has 2 rings (SSSR count). The highest BCUT2D eigenvalue weighted by atomic mass is 16.2. The van der Waals surface area contributed by atoms with Gasteiger partial charge in [0, 0.05) is 25.2 Å². The molecule has 3 amide bonds. The molecule has 1 aliphatic heterocycles. The number of hydrogen-bond donors (Lipinski definition) is 2. The van der Waals surface area contributed by atoms with Crippen molar-refractivity contribution in [3.05, 3.63) is 35.4 Å². The zero-order valence-electron chi connectivity index (χ0n) is 17.5. The lowest BCUT2D eigenvalue weighted by molar-refractivity contribution is -0.138. The van der Waals surface area contributed by atoms with Gasteiger partial charge >= 0.3 is 0 Å². The minimum atomic E-state index is -0.606. The summed E-state index contributed by atoms with van der Waals surface area (Å²) in [6, 6.07) is 6.72. The van der Waals surface area contributed by atoms with E-state index in [0.29, 0.717) is 25.2 Å². The van der Waals surface area contributed by atoms with Gasteiger partial charge < -0.3 is 15.5 Å². The van der Waals surface area contributed by atoms with Gasteiger partial charge in [0.15, 0.2) is 0 Å². The summed E-state index contributed by atoms with van der Waals surface area (Å²) in [6.45, 7) is 9.49. The molecule has 28 heavy (non-hydrogen) atoms. The zero-order chi connectivity index (χ0) is 20.7. The van der Waals surface area contributed by atoms with Crippen molar-refractivity contribution in [2.24, 2.45) is 11.8 Å². The highest BCUT2D eigenvalue weighted by Gasteiger charge is 2.33. The number of nitrogens with one attached hydrogen (secondary N) is 2. The normalized spacial score (nSPS) is 17.9. The molecule has 2 atom stereocenters. The lowest BCUT2D eigenvalue weighted by Crippen LogP contribution is -2.54. The Morgan fingerprint density at radius 2 is 2.00 bits per heavy atom. The average molecular weight is 388 g/mol. The molecule has 2 unspecified atom stereocenters. The molecule has 6 nitrogen and oxygen atoms in total. The summed E-state index contributed by atoms with van der Waals surface area (Å²) in [7, 11) is 0. The highest BCUT2D eigenvalue weighted by molar-refractivity contribution is 5.97. The standard InChI is InChI=1S/C22H33N3O3/c1-5-11-23-20(26)18-10-7-12-25(14-18)22(28)19(15(2)3)24-21(27)17-9-6-8-16(4)13-17/h6,8-9,13,15,18-19H,5,7,10-12,14H2,1-4H3,(H,23,26)(H,24,27). The number of nitrogens with zero attached hydrogens (tertiary/aromatic N) is 1. The molecule has 0 aliphatic carbocycles. The summed E-state index contributed by atoms with van der Waals surface area (Å²) < 4.78 is 0. The predicted molar refractivity (Wildman–Crippen MR) is 110 cm³/mol. The van der Waals surface area contributed by atoms with Crippen molar-refractivity contribution in [1.29, 1.82) is 0 Å². The molecule has 1 fully saturated rings. The van der Waals surface area contributed by atoms with Crippen molar-refractivity contribution in [1.82, 2.24) is 15.5 Å². The average Bonchev–Trinajstić information content (AvgIpc) is 2.69. The minimum Gasteiger partial charge on any atom is -0.356 e. The lowest BCUT2D eigenvalue weighted by atomic mass is 9.94. The summed E-state index contributed by atoms with van der Waals surface area (Å²) >= 11 is 0. The second-order valence-corrected chi connectivity index (χ2v) is 7.98. The van der Waals surface area contributed by atoms with E-state index in [1.165, 1.54) is 0 Å². The first-order chi connectivity index (χ1) is 13.3. The summed E-state index contributed by atoms with van der Waals surface area (Å²) in [6.07, 6.45) is 2.48. The molecule has 2 N–H and O–H groups in total. The molecule has 1 aromatic rings. The van der Waals surface area contributed by atoms with Crippen LogP contribution in [0.1, 0.15) is 56.0 Å². The van der Waals surface area contributed by atoms with Crippen LogP contribution in [-0.2, 0) is 9.59 Å². The third-order valence-corrected chi connectivity index (χ3v) is 5.15. The monoisotopic (exact) mass is 387 g/mol. The third-order valence-electron chi connectivity index (χ3n) is 5.15. The maximum atomic E-state index is 13.1. The van der Waals surface area contributed by atoms with Crippen molar-refractivity contribution < 1.29 is 14.4 Å². The van der Waals surface area contributed by atoms with E-state index in [4.69, 9.17) is 0 Å². The Hall–Kier alpha value is -2.37. The molecule has 0 aromatic heterocycles. The molecular weight excluding hydrogens is 354 g/mol. The SMILES string of the molecule is CCCNC(=O)C1CCCN(C(=O)C(NC(=O)c2cccc(C)c2)C(C)C)C1. The van der Waals surface area contributed by atoms with Crippen LogP contribution in [0.5, 0.6) is 0 Å². The van der Waals surface area contributed by atoms with E-state index < -0.39 is 6.04 Å². The Balaban J connectivity index is 2.05. The largest absolute Gasteiger partial charge is 0.356 e. The fourth-order valence-corrected chi connectivity index (χ4v) is 3.50. The van der Waals surface area contributed by atoms with Crippen LogP contribution in [0, 0.1) is 18.8 Å². The molecular formula is C22H33N3O3. The quantitative estimate of drug-likeness (QED) is 0.755. The van der Waals surface area contributed by atoms with Gasteiger partial charge in [0.25, 0.3) is 5.91 Å². The zero-order valence-corrected chi connectivity index (χ0v) is 17.5. The van der Waals surface area contributed by atoms with E-state index in [1.807, 2.05) is 45.9 Å². The number of piperidine rings is 1. The fourth-order valence-electron chi connectivity index (χ4n) is 3.50. The molecule has 0 bridgehead atoms. The summed E-state index contributed by atoms with van der Waals surface area (Å²) in [5.74, 6) is -0.557. The number of benzene rings is 1. The fraction of sp³-hybridized carbons (Fsp3) is 0.591. The number of aryl methyl sites for hydroxylation is 1. The Bertz CT molecular complexity index is 702. The predicted octanol–water partition coefficient (Wildman–Crippen LogP) is 2.51. The number of likely N-dealkylation sites (tertiary alicyclic amines) is 1. The van der Waals surface area contributed by atoms with E-state index >= 15 is 0 Å². The van der Waals surface area contributed by atoms with Gasteiger partial charge in [-0.2, -0.15) is 0 Å². The smallest absolute Gasteiger partial charge is 0.251 e. The Kier molecular flexibility index (Phi) is 8.03. The van der Waals surface area contributed by atoms with Crippen LogP contribution in [0.25, 0.3) is 0 Å². The number of amides is 3.